The van der Waals surface area contributed by atoms with Crippen LogP contribution < -0.4 is 5.32 Å². The zero-order valence-corrected chi connectivity index (χ0v) is 11.4. The van der Waals surface area contributed by atoms with Crippen LogP contribution in [0.15, 0.2) is 30.5 Å². The second-order valence-electron chi connectivity index (χ2n) is 5.92. The van der Waals surface area contributed by atoms with Gasteiger partial charge in [-0.05, 0) is 37.4 Å². The predicted octanol–water partition coefficient (Wildman–Crippen LogP) is 1.99. The Morgan fingerprint density at radius 1 is 1.25 bits per heavy atom. The van der Waals surface area contributed by atoms with Crippen molar-refractivity contribution in [1.82, 2.24) is 15.2 Å². The number of nitrogens with one attached hydrogen (secondary N) is 2. The van der Waals surface area contributed by atoms with Crippen LogP contribution in [0.2, 0.25) is 0 Å². The van der Waals surface area contributed by atoms with Gasteiger partial charge < -0.3 is 15.2 Å². The molecule has 2 saturated heterocycles. The average Bonchev–Trinajstić information content (AvgIpc) is 3.12. The summed E-state index contributed by atoms with van der Waals surface area (Å²) < 4.78 is 0. The van der Waals surface area contributed by atoms with E-state index in [0.717, 1.165) is 36.1 Å². The molecular weight excluding hydrogens is 250 g/mol. The molecule has 3 heterocycles. The Hall–Kier alpha value is -1.81. The fourth-order valence-corrected chi connectivity index (χ4v) is 3.65. The lowest BCUT2D eigenvalue weighted by molar-refractivity contribution is 0.0787. The smallest absolute Gasteiger partial charge is 0.256 e. The summed E-state index contributed by atoms with van der Waals surface area (Å²) in [5.74, 6) is 0.796. The van der Waals surface area contributed by atoms with Crippen LogP contribution >= 0.6 is 0 Å². The van der Waals surface area contributed by atoms with E-state index >= 15 is 0 Å². The number of fused-ring (bicyclic) bond motifs is 2. The molecular formula is C16H19N3O. The molecule has 2 aromatic rings. The molecule has 4 heteroatoms. The Balaban J connectivity index is 1.63. The molecule has 0 spiro atoms. The van der Waals surface area contributed by atoms with Gasteiger partial charge in [-0.15, -0.1) is 0 Å². The topological polar surface area (TPSA) is 48.1 Å². The molecule has 0 unspecified atom stereocenters. The number of aromatic nitrogens is 1. The second kappa shape index (κ2) is 4.63. The van der Waals surface area contributed by atoms with Crippen molar-refractivity contribution in [3.05, 3.63) is 36.0 Å². The van der Waals surface area contributed by atoms with E-state index < -0.39 is 0 Å². The number of hydrogen-bond donors (Lipinski definition) is 2. The minimum atomic E-state index is 0.161. The Bertz CT molecular complexity index is 634. The molecule has 1 aromatic heterocycles. The molecule has 20 heavy (non-hydrogen) atoms. The lowest BCUT2D eigenvalue weighted by Gasteiger charge is -2.24. The quantitative estimate of drug-likeness (QED) is 0.832. The molecule has 2 aliphatic rings. The lowest BCUT2D eigenvalue weighted by atomic mass is 9.94. The zero-order valence-electron chi connectivity index (χ0n) is 11.4. The number of carbonyl (C=O) groups is 1. The third-order valence-corrected chi connectivity index (χ3v) is 4.70. The lowest BCUT2D eigenvalue weighted by Crippen LogP contribution is -2.41. The fourth-order valence-electron chi connectivity index (χ4n) is 3.65. The van der Waals surface area contributed by atoms with Gasteiger partial charge in [-0.1, -0.05) is 12.1 Å². The highest BCUT2D eigenvalue weighted by Crippen LogP contribution is 2.27. The van der Waals surface area contributed by atoms with Crippen LogP contribution in [0.5, 0.6) is 0 Å². The Morgan fingerprint density at radius 3 is 3.10 bits per heavy atom. The van der Waals surface area contributed by atoms with E-state index in [1.807, 2.05) is 35.4 Å². The van der Waals surface area contributed by atoms with Crippen molar-refractivity contribution in [3.8, 4) is 0 Å². The first-order valence-electron chi connectivity index (χ1n) is 7.42. The SMILES string of the molecule is O=C(c1cccc2cc[nH]c12)N1C[C@@H]2CCCN[C@@H]2C1. The van der Waals surface area contributed by atoms with E-state index in [1.54, 1.807) is 0 Å². The monoisotopic (exact) mass is 269 g/mol. The van der Waals surface area contributed by atoms with Crippen LogP contribution in [0, 0.1) is 5.92 Å². The average molecular weight is 269 g/mol. The molecule has 0 saturated carbocycles. The van der Waals surface area contributed by atoms with Gasteiger partial charge in [0, 0.05) is 30.7 Å². The maximum atomic E-state index is 12.8. The van der Waals surface area contributed by atoms with E-state index in [-0.39, 0.29) is 5.91 Å². The summed E-state index contributed by atoms with van der Waals surface area (Å²) >= 11 is 0. The van der Waals surface area contributed by atoms with Crippen LogP contribution in [-0.2, 0) is 0 Å². The maximum absolute atomic E-state index is 12.8. The van der Waals surface area contributed by atoms with Gasteiger partial charge in [0.1, 0.15) is 0 Å². The molecule has 2 atom stereocenters. The Kier molecular flexibility index (Phi) is 2.77. The van der Waals surface area contributed by atoms with Gasteiger partial charge in [0.2, 0.25) is 0 Å². The third kappa shape index (κ3) is 1.83. The fraction of sp³-hybridized carbons (Fsp3) is 0.438. The molecule has 4 nitrogen and oxygen atoms in total. The van der Waals surface area contributed by atoms with Crippen LogP contribution in [0.4, 0.5) is 0 Å². The standard InChI is InChI=1S/C16H19N3O/c20-16(13-5-1-3-11-6-8-18-15(11)13)19-9-12-4-2-7-17-14(12)10-19/h1,3,5-6,8,12,14,17-18H,2,4,7,9-10H2/t12-,14+/m0/s1. The summed E-state index contributed by atoms with van der Waals surface area (Å²) in [6, 6.07) is 8.43. The van der Waals surface area contributed by atoms with Gasteiger partial charge in [-0.25, -0.2) is 0 Å². The summed E-state index contributed by atoms with van der Waals surface area (Å²) in [6.07, 6.45) is 4.37. The number of amides is 1. The van der Waals surface area contributed by atoms with E-state index in [2.05, 4.69) is 10.3 Å². The van der Waals surface area contributed by atoms with E-state index in [0.29, 0.717) is 12.0 Å². The van der Waals surface area contributed by atoms with Crippen LogP contribution in [0.3, 0.4) is 0 Å². The Labute approximate surface area is 118 Å². The number of para-hydroxylation sites is 1. The number of rotatable bonds is 1. The summed E-state index contributed by atoms with van der Waals surface area (Å²) in [5.41, 5.74) is 1.76. The van der Waals surface area contributed by atoms with Gasteiger partial charge in [0.05, 0.1) is 11.1 Å². The number of piperidine rings is 1. The molecule has 2 fully saturated rings. The van der Waals surface area contributed by atoms with Crippen molar-refractivity contribution in [3.63, 3.8) is 0 Å². The highest BCUT2D eigenvalue weighted by Gasteiger charge is 2.36. The third-order valence-electron chi connectivity index (χ3n) is 4.70. The number of carbonyl (C=O) groups excluding carboxylic acids is 1. The van der Waals surface area contributed by atoms with Crippen molar-refractivity contribution in [1.29, 1.82) is 0 Å². The summed E-state index contributed by atoms with van der Waals surface area (Å²) in [6.45, 7) is 2.84. The van der Waals surface area contributed by atoms with Crippen LogP contribution in [0.25, 0.3) is 10.9 Å². The molecule has 1 amide bonds. The predicted molar refractivity (Wildman–Crippen MR) is 78.7 cm³/mol. The van der Waals surface area contributed by atoms with E-state index in [9.17, 15) is 4.79 Å². The first-order valence-corrected chi connectivity index (χ1v) is 7.42. The molecule has 1 aromatic carbocycles. The summed E-state index contributed by atoms with van der Waals surface area (Å²) in [7, 11) is 0. The summed E-state index contributed by atoms with van der Waals surface area (Å²) in [4.78, 5) is 18.0. The first-order chi connectivity index (χ1) is 9.83. The summed E-state index contributed by atoms with van der Waals surface area (Å²) in [5, 5.41) is 4.65. The maximum Gasteiger partial charge on any atom is 0.256 e. The minimum absolute atomic E-state index is 0.161. The van der Waals surface area contributed by atoms with Crippen molar-refractivity contribution in [2.75, 3.05) is 19.6 Å². The van der Waals surface area contributed by atoms with Gasteiger partial charge in [0.15, 0.2) is 0 Å². The molecule has 0 radical (unpaired) electrons. The van der Waals surface area contributed by atoms with E-state index in [4.69, 9.17) is 0 Å². The van der Waals surface area contributed by atoms with Crippen molar-refractivity contribution in [2.45, 2.75) is 18.9 Å². The number of nitrogens with zero attached hydrogens (tertiary/aromatic N) is 1. The minimum Gasteiger partial charge on any atom is -0.361 e. The van der Waals surface area contributed by atoms with Gasteiger partial charge in [-0.3, -0.25) is 4.79 Å². The molecule has 4 rings (SSSR count). The largest absolute Gasteiger partial charge is 0.361 e. The number of hydrogen-bond acceptors (Lipinski definition) is 2. The van der Waals surface area contributed by atoms with Crippen LogP contribution in [0.1, 0.15) is 23.2 Å². The van der Waals surface area contributed by atoms with Gasteiger partial charge >= 0.3 is 0 Å². The first kappa shape index (κ1) is 12.0. The zero-order chi connectivity index (χ0) is 13.5. The molecule has 0 aliphatic carbocycles. The van der Waals surface area contributed by atoms with Gasteiger partial charge in [0.25, 0.3) is 5.91 Å². The number of H-pyrrole nitrogens is 1. The highest BCUT2D eigenvalue weighted by atomic mass is 16.2. The number of likely N-dealkylation sites (tertiary alicyclic amines) is 1. The van der Waals surface area contributed by atoms with E-state index in [1.165, 1.54) is 12.8 Å². The Morgan fingerprint density at radius 2 is 2.20 bits per heavy atom. The second-order valence-corrected chi connectivity index (χ2v) is 5.92. The number of benzene rings is 1. The highest BCUT2D eigenvalue weighted by molar-refractivity contribution is 6.05. The molecule has 2 N–H and O–H groups in total. The molecule has 104 valence electrons. The van der Waals surface area contributed by atoms with Crippen molar-refractivity contribution in [2.24, 2.45) is 5.92 Å². The van der Waals surface area contributed by atoms with Crippen molar-refractivity contribution < 1.29 is 4.79 Å². The van der Waals surface area contributed by atoms with Crippen LogP contribution in [-0.4, -0.2) is 41.5 Å². The molecule has 0 bridgehead atoms. The molecule has 2 aliphatic heterocycles. The van der Waals surface area contributed by atoms with Gasteiger partial charge in [-0.2, -0.15) is 0 Å². The number of aromatic amines is 1. The van der Waals surface area contributed by atoms with Crippen molar-refractivity contribution >= 4 is 16.8 Å². The normalized spacial score (nSPS) is 25.9.